The molecule has 0 saturated heterocycles. The van der Waals surface area contributed by atoms with E-state index in [1.165, 1.54) is 0 Å². The zero-order valence-corrected chi connectivity index (χ0v) is 14.0. The van der Waals surface area contributed by atoms with Crippen molar-refractivity contribution in [3.8, 4) is 5.75 Å². The Morgan fingerprint density at radius 1 is 1.13 bits per heavy atom. The summed E-state index contributed by atoms with van der Waals surface area (Å²) in [6, 6.07) is 13.4. The third kappa shape index (κ3) is 5.00. The Morgan fingerprint density at radius 3 is 2.61 bits per heavy atom. The van der Waals surface area contributed by atoms with Crippen LogP contribution in [-0.4, -0.2) is 25.1 Å². The Hall–Kier alpha value is -2.53. The maximum absolute atomic E-state index is 11.8. The van der Waals surface area contributed by atoms with Crippen LogP contribution < -0.4 is 15.5 Å². The summed E-state index contributed by atoms with van der Waals surface area (Å²) < 4.78 is 5.92. The van der Waals surface area contributed by atoms with Gasteiger partial charge in [-0.3, -0.25) is 5.43 Å². The molecule has 5 heteroatoms. The van der Waals surface area contributed by atoms with Gasteiger partial charge >= 0.3 is 6.03 Å². The molecule has 0 bridgehead atoms. The van der Waals surface area contributed by atoms with Crippen molar-refractivity contribution in [1.29, 1.82) is 0 Å². The molecule has 0 spiro atoms. The lowest BCUT2D eigenvalue weighted by molar-refractivity contribution is 0.224. The highest BCUT2D eigenvalue weighted by Gasteiger charge is 2.08. The lowest BCUT2D eigenvalue weighted by Crippen LogP contribution is -2.39. The first-order chi connectivity index (χ1) is 11.0. The second kappa shape index (κ2) is 7.65. The Bertz CT molecular complexity index is 684. The minimum Gasteiger partial charge on any atom is -0.489 e. The van der Waals surface area contributed by atoms with Crippen LogP contribution in [0.2, 0.25) is 0 Å². The molecule has 0 fully saturated rings. The number of rotatable bonds is 5. The van der Waals surface area contributed by atoms with Crippen molar-refractivity contribution in [1.82, 2.24) is 10.4 Å². The average molecular weight is 313 g/mol. The van der Waals surface area contributed by atoms with E-state index in [4.69, 9.17) is 4.74 Å². The van der Waals surface area contributed by atoms with Crippen LogP contribution in [0, 0.1) is 13.8 Å². The van der Waals surface area contributed by atoms with Gasteiger partial charge in [0.1, 0.15) is 12.4 Å². The maximum Gasteiger partial charge on any atom is 0.333 e. The number of para-hydroxylation sites is 1. The molecule has 0 aromatic heterocycles. The van der Waals surface area contributed by atoms with Crippen molar-refractivity contribution in [3.05, 3.63) is 59.2 Å². The molecule has 2 aromatic carbocycles. The first-order valence-electron chi connectivity index (χ1n) is 7.48. The summed E-state index contributed by atoms with van der Waals surface area (Å²) in [7, 11) is 3.52. The number of benzene rings is 2. The molecule has 2 rings (SSSR count). The number of hydrazine groups is 1. The third-order valence-electron chi connectivity index (χ3n) is 3.32. The zero-order chi connectivity index (χ0) is 16.8. The van der Waals surface area contributed by atoms with Crippen molar-refractivity contribution in [3.63, 3.8) is 0 Å². The summed E-state index contributed by atoms with van der Waals surface area (Å²) in [5.74, 6) is 0.859. The van der Waals surface area contributed by atoms with Crippen LogP contribution in [0.3, 0.4) is 0 Å². The van der Waals surface area contributed by atoms with E-state index in [1.54, 1.807) is 19.1 Å². The number of ether oxygens (including phenoxy) is 1. The van der Waals surface area contributed by atoms with Gasteiger partial charge < -0.3 is 10.1 Å². The molecule has 0 aliphatic rings. The lowest BCUT2D eigenvalue weighted by Gasteiger charge is -2.16. The highest BCUT2D eigenvalue weighted by molar-refractivity contribution is 5.89. The molecular weight excluding hydrogens is 290 g/mol. The zero-order valence-electron chi connectivity index (χ0n) is 14.0. The third-order valence-corrected chi connectivity index (χ3v) is 3.32. The van der Waals surface area contributed by atoms with Crippen LogP contribution in [0.15, 0.2) is 42.5 Å². The molecule has 23 heavy (non-hydrogen) atoms. The van der Waals surface area contributed by atoms with Gasteiger partial charge in [0, 0.05) is 25.3 Å². The van der Waals surface area contributed by atoms with E-state index >= 15 is 0 Å². The average Bonchev–Trinajstić information content (AvgIpc) is 2.48. The van der Waals surface area contributed by atoms with Crippen LogP contribution in [0.25, 0.3) is 0 Å². The number of anilines is 1. The van der Waals surface area contributed by atoms with Gasteiger partial charge in [0.05, 0.1) is 0 Å². The Kier molecular flexibility index (Phi) is 5.60. The van der Waals surface area contributed by atoms with Gasteiger partial charge in [-0.2, -0.15) is 0 Å². The van der Waals surface area contributed by atoms with Crippen LogP contribution in [0.1, 0.15) is 16.7 Å². The van der Waals surface area contributed by atoms with Gasteiger partial charge in [0.2, 0.25) is 0 Å². The number of nitrogens with one attached hydrogen (secondary N) is 2. The quantitative estimate of drug-likeness (QED) is 0.831. The number of aryl methyl sites for hydroxylation is 2. The largest absolute Gasteiger partial charge is 0.489 e. The van der Waals surface area contributed by atoms with Crippen molar-refractivity contribution < 1.29 is 9.53 Å². The summed E-state index contributed by atoms with van der Waals surface area (Å²) in [5, 5.41) is 4.42. The predicted octanol–water partition coefficient (Wildman–Crippen LogP) is 3.48. The minimum atomic E-state index is -0.283. The van der Waals surface area contributed by atoms with Gasteiger partial charge in [-0.25, -0.2) is 9.80 Å². The second-order valence-corrected chi connectivity index (χ2v) is 5.68. The number of carbonyl (C=O) groups is 1. The van der Waals surface area contributed by atoms with Crippen LogP contribution in [0.5, 0.6) is 5.75 Å². The fraction of sp³-hybridized carbons (Fsp3) is 0.278. The molecule has 0 unspecified atom stereocenters. The molecule has 2 amide bonds. The summed E-state index contributed by atoms with van der Waals surface area (Å²) >= 11 is 0. The standard InChI is InChI=1S/C18H23N3O2/c1-13-9-10-14(2)17(11-13)23-12-15-7-5-6-8-16(15)19-18(22)20-21(3)4/h5-11H,12H2,1-4H3,(H2,19,20,22). The van der Waals surface area contributed by atoms with Crippen molar-refractivity contribution in [2.45, 2.75) is 20.5 Å². The van der Waals surface area contributed by atoms with Crippen molar-refractivity contribution in [2.75, 3.05) is 19.4 Å². The van der Waals surface area contributed by atoms with Crippen LogP contribution in [-0.2, 0) is 6.61 Å². The number of hydrogen-bond donors (Lipinski definition) is 2. The fourth-order valence-electron chi connectivity index (χ4n) is 2.14. The molecule has 0 aliphatic heterocycles. The van der Waals surface area contributed by atoms with Crippen LogP contribution in [0.4, 0.5) is 10.5 Å². The molecule has 122 valence electrons. The normalized spacial score (nSPS) is 10.5. The van der Waals surface area contributed by atoms with Gasteiger partial charge in [-0.1, -0.05) is 30.3 Å². The van der Waals surface area contributed by atoms with Gasteiger partial charge in [-0.15, -0.1) is 0 Å². The smallest absolute Gasteiger partial charge is 0.333 e. The van der Waals surface area contributed by atoms with Gasteiger partial charge in [-0.05, 0) is 37.1 Å². The molecule has 0 atom stereocenters. The fourth-order valence-corrected chi connectivity index (χ4v) is 2.14. The Morgan fingerprint density at radius 2 is 1.87 bits per heavy atom. The highest BCUT2D eigenvalue weighted by atomic mass is 16.5. The second-order valence-electron chi connectivity index (χ2n) is 5.68. The van der Waals surface area contributed by atoms with E-state index in [2.05, 4.69) is 16.8 Å². The molecule has 2 N–H and O–H groups in total. The highest BCUT2D eigenvalue weighted by Crippen LogP contribution is 2.22. The van der Waals surface area contributed by atoms with Crippen LogP contribution >= 0.6 is 0 Å². The van der Waals surface area contributed by atoms with Crippen molar-refractivity contribution >= 4 is 11.7 Å². The first-order valence-corrected chi connectivity index (χ1v) is 7.48. The molecule has 0 heterocycles. The molecule has 0 saturated carbocycles. The topological polar surface area (TPSA) is 53.6 Å². The molecule has 5 nitrogen and oxygen atoms in total. The maximum atomic E-state index is 11.8. The number of nitrogens with zero attached hydrogens (tertiary/aromatic N) is 1. The monoisotopic (exact) mass is 313 g/mol. The summed E-state index contributed by atoms with van der Waals surface area (Å²) in [6.45, 7) is 4.44. The Balaban J connectivity index is 2.08. The number of amides is 2. The van der Waals surface area contributed by atoms with E-state index in [1.807, 2.05) is 50.2 Å². The van der Waals surface area contributed by atoms with E-state index in [0.29, 0.717) is 6.61 Å². The van der Waals surface area contributed by atoms with Gasteiger partial charge in [0.25, 0.3) is 0 Å². The molecule has 0 aliphatic carbocycles. The first kappa shape index (κ1) is 16.8. The summed E-state index contributed by atoms with van der Waals surface area (Å²) in [6.07, 6.45) is 0. The lowest BCUT2D eigenvalue weighted by atomic mass is 10.1. The number of carbonyl (C=O) groups excluding carboxylic acids is 1. The van der Waals surface area contributed by atoms with E-state index in [9.17, 15) is 4.79 Å². The van der Waals surface area contributed by atoms with E-state index < -0.39 is 0 Å². The molecule has 0 radical (unpaired) electrons. The SMILES string of the molecule is Cc1ccc(C)c(OCc2ccccc2NC(=O)NN(C)C)c1. The predicted molar refractivity (Wildman–Crippen MR) is 92.5 cm³/mol. The van der Waals surface area contributed by atoms with Crippen molar-refractivity contribution in [2.24, 2.45) is 0 Å². The summed E-state index contributed by atoms with van der Waals surface area (Å²) in [5.41, 5.74) is 6.55. The van der Waals surface area contributed by atoms with Gasteiger partial charge in [0.15, 0.2) is 0 Å². The molecule has 2 aromatic rings. The Labute approximate surface area is 137 Å². The van der Waals surface area contributed by atoms with E-state index in [0.717, 1.165) is 28.1 Å². The minimum absolute atomic E-state index is 0.283. The molecular formula is C18H23N3O2. The summed E-state index contributed by atoms with van der Waals surface area (Å²) in [4.78, 5) is 11.8. The number of urea groups is 1. The van der Waals surface area contributed by atoms with E-state index in [-0.39, 0.29) is 6.03 Å². The number of hydrogen-bond acceptors (Lipinski definition) is 3.